The molecular formula is C14H21ClN2. The van der Waals surface area contributed by atoms with Crippen molar-refractivity contribution in [2.24, 2.45) is 11.7 Å². The number of aryl methyl sites for hydroxylation is 1. The Morgan fingerprint density at radius 2 is 2.18 bits per heavy atom. The lowest BCUT2D eigenvalue weighted by Gasteiger charge is -2.35. The lowest BCUT2D eigenvalue weighted by molar-refractivity contribution is 0.158. The van der Waals surface area contributed by atoms with E-state index in [9.17, 15) is 0 Å². The zero-order valence-corrected chi connectivity index (χ0v) is 11.4. The molecule has 0 spiro atoms. The molecule has 1 saturated heterocycles. The minimum Gasteiger partial charge on any atom is -0.327 e. The van der Waals surface area contributed by atoms with Gasteiger partial charge in [0.25, 0.3) is 0 Å². The highest BCUT2D eigenvalue weighted by molar-refractivity contribution is 6.30. The van der Waals surface area contributed by atoms with Crippen LogP contribution in [0.2, 0.25) is 5.02 Å². The smallest absolute Gasteiger partial charge is 0.0408 e. The van der Waals surface area contributed by atoms with Crippen LogP contribution in [0.1, 0.15) is 24.5 Å². The fourth-order valence-corrected chi connectivity index (χ4v) is 2.95. The Balaban J connectivity index is 2.04. The third kappa shape index (κ3) is 3.44. The van der Waals surface area contributed by atoms with E-state index in [1.165, 1.54) is 11.1 Å². The van der Waals surface area contributed by atoms with Crippen LogP contribution in [0.15, 0.2) is 18.2 Å². The van der Waals surface area contributed by atoms with Gasteiger partial charge in [-0.2, -0.15) is 0 Å². The first-order chi connectivity index (χ1) is 8.04. The minimum atomic E-state index is 0.325. The van der Waals surface area contributed by atoms with E-state index in [0.29, 0.717) is 12.0 Å². The Morgan fingerprint density at radius 1 is 1.41 bits per heavy atom. The van der Waals surface area contributed by atoms with E-state index < -0.39 is 0 Å². The first-order valence-corrected chi connectivity index (χ1v) is 6.65. The van der Waals surface area contributed by atoms with E-state index >= 15 is 0 Å². The van der Waals surface area contributed by atoms with Gasteiger partial charge in [-0.15, -0.1) is 0 Å². The van der Waals surface area contributed by atoms with Gasteiger partial charge < -0.3 is 5.73 Å². The van der Waals surface area contributed by atoms with E-state index in [1.54, 1.807) is 0 Å². The topological polar surface area (TPSA) is 29.3 Å². The van der Waals surface area contributed by atoms with Crippen molar-refractivity contribution >= 4 is 11.6 Å². The summed E-state index contributed by atoms with van der Waals surface area (Å²) >= 11 is 5.97. The second-order valence-electron chi connectivity index (χ2n) is 5.37. The highest BCUT2D eigenvalue weighted by Gasteiger charge is 2.22. The van der Waals surface area contributed by atoms with Gasteiger partial charge in [-0.05, 0) is 42.5 Å². The zero-order chi connectivity index (χ0) is 12.4. The number of hydrogen-bond acceptors (Lipinski definition) is 2. The van der Waals surface area contributed by atoms with E-state index in [4.69, 9.17) is 17.3 Å². The van der Waals surface area contributed by atoms with Crippen molar-refractivity contribution in [1.82, 2.24) is 4.90 Å². The fourth-order valence-electron chi connectivity index (χ4n) is 2.72. The number of nitrogens with two attached hydrogens (primary N) is 1. The molecule has 1 aromatic carbocycles. The number of halogens is 1. The molecule has 0 aromatic heterocycles. The summed E-state index contributed by atoms with van der Waals surface area (Å²) < 4.78 is 0. The van der Waals surface area contributed by atoms with Crippen LogP contribution in [0.3, 0.4) is 0 Å². The molecule has 1 aliphatic rings. The number of benzene rings is 1. The average Bonchev–Trinajstić information content (AvgIpc) is 2.21. The van der Waals surface area contributed by atoms with Crippen molar-refractivity contribution in [2.45, 2.75) is 32.9 Å². The molecule has 3 heteroatoms. The van der Waals surface area contributed by atoms with Gasteiger partial charge in [0.2, 0.25) is 0 Å². The summed E-state index contributed by atoms with van der Waals surface area (Å²) in [7, 11) is 0. The Kier molecular flexibility index (Phi) is 4.08. The standard InChI is InChI=1S/C14H21ClN2/c1-10-5-14(16)9-17(7-10)8-12-3-4-13(15)6-11(12)2/h3-4,6,10,14H,5,7-9,16H2,1-2H3. The lowest BCUT2D eigenvalue weighted by Crippen LogP contribution is -2.45. The van der Waals surface area contributed by atoms with Crippen molar-refractivity contribution in [3.05, 3.63) is 34.3 Å². The fraction of sp³-hybridized carbons (Fsp3) is 0.571. The van der Waals surface area contributed by atoms with Crippen molar-refractivity contribution in [1.29, 1.82) is 0 Å². The van der Waals surface area contributed by atoms with E-state index in [-0.39, 0.29) is 0 Å². The highest BCUT2D eigenvalue weighted by atomic mass is 35.5. The first-order valence-electron chi connectivity index (χ1n) is 6.27. The van der Waals surface area contributed by atoms with Crippen molar-refractivity contribution in [3.8, 4) is 0 Å². The van der Waals surface area contributed by atoms with Gasteiger partial charge in [0.1, 0.15) is 0 Å². The molecule has 94 valence electrons. The molecular weight excluding hydrogens is 232 g/mol. The molecule has 0 amide bonds. The summed E-state index contributed by atoms with van der Waals surface area (Å²) in [5.74, 6) is 0.700. The summed E-state index contributed by atoms with van der Waals surface area (Å²) in [6.07, 6.45) is 1.15. The van der Waals surface area contributed by atoms with E-state index in [1.807, 2.05) is 12.1 Å². The first kappa shape index (κ1) is 12.9. The molecule has 1 heterocycles. The summed E-state index contributed by atoms with van der Waals surface area (Å²) in [6, 6.07) is 6.45. The number of rotatable bonds is 2. The predicted molar refractivity (Wildman–Crippen MR) is 73.2 cm³/mol. The number of likely N-dealkylation sites (tertiary alicyclic amines) is 1. The van der Waals surface area contributed by atoms with Crippen LogP contribution in [-0.4, -0.2) is 24.0 Å². The number of hydrogen-bond donors (Lipinski definition) is 1. The van der Waals surface area contributed by atoms with E-state index in [2.05, 4.69) is 24.8 Å². The second kappa shape index (κ2) is 5.38. The van der Waals surface area contributed by atoms with Crippen LogP contribution in [0, 0.1) is 12.8 Å². The lowest BCUT2D eigenvalue weighted by atomic mass is 9.96. The molecule has 1 aliphatic heterocycles. The molecule has 0 radical (unpaired) electrons. The third-order valence-electron chi connectivity index (χ3n) is 3.47. The van der Waals surface area contributed by atoms with Gasteiger partial charge in [0.05, 0.1) is 0 Å². The normalized spacial score (nSPS) is 26.1. The predicted octanol–water partition coefficient (Wildman–Crippen LogP) is 2.82. The molecule has 2 nitrogen and oxygen atoms in total. The molecule has 2 rings (SSSR count). The molecule has 1 fully saturated rings. The van der Waals surface area contributed by atoms with E-state index in [0.717, 1.165) is 31.1 Å². The van der Waals surface area contributed by atoms with Crippen LogP contribution in [0.4, 0.5) is 0 Å². The highest BCUT2D eigenvalue weighted by Crippen LogP contribution is 2.20. The van der Waals surface area contributed by atoms with Crippen LogP contribution >= 0.6 is 11.6 Å². The third-order valence-corrected chi connectivity index (χ3v) is 3.70. The van der Waals surface area contributed by atoms with Crippen LogP contribution in [0.5, 0.6) is 0 Å². The molecule has 0 aliphatic carbocycles. The molecule has 0 bridgehead atoms. The molecule has 2 unspecified atom stereocenters. The molecule has 1 aromatic rings. The average molecular weight is 253 g/mol. The van der Waals surface area contributed by atoms with Gasteiger partial charge >= 0.3 is 0 Å². The van der Waals surface area contributed by atoms with Crippen LogP contribution in [-0.2, 0) is 6.54 Å². The molecule has 2 N–H and O–H groups in total. The Morgan fingerprint density at radius 3 is 2.82 bits per heavy atom. The quantitative estimate of drug-likeness (QED) is 0.877. The maximum atomic E-state index is 6.07. The van der Waals surface area contributed by atoms with Crippen LogP contribution in [0.25, 0.3) is 0 Å². The summed E-state index contributed by atoms with van der Waals surface area (Å²) in [6.45, 7) is 7.54. The second-order valence-corrected chi connectivity index (χ2v) is 5.80. The van der Waals surface area contributed by atoms with Crippen LogP contribution < -0.4 is 5.73 Å². The minimum absolute atomic E-state index is 0.325. The largest absolute Gasteiger partial charge is 0.327 e. The molecule has 17 heavy (non-hydrogen) atoms. The number of piperidine rings is 1. The summed E-state index contributed by atoms with van der Waals surface area (Å²) in [5, 5.41) is 0.815. The van der Waals surface area contributed by atoms with Crippen molar-refractivity contribution in [2.75, 3.05) is 13.1 Å². The van der Waals surface area contributed by atoms with Gasteiger partial charge in [-0.1, -0.05) is 24.6 Å². The van der Waals surface area contributed by atoms with Gasteiger partial charge in [0, 0.05) is 30.7 Å². The molecule has 0 saturated carbocycles. The molecule has 2 atom stereocenters. The SMILES string of the molecule is Cc1cc(Cl)ccc1CN1CC(C)CC(N)C1. The summed E-state index contributed by atoms with van der Waals surface area (Å²) in [5.41, 5.74) is 8.69. The maximum absolute atomic E-state index is 6.07. The monoisotopic (exact) mass is 252 g/mol. The summed E-state index contributed by atoms with van der Waals surface area (Å²) in [4.78, 5) is 2.45. The Bertz CT molecular complexity index is 382. The number of nitrogens with zero attached hydrogens (tertiary/aromatic N) is 1. The van der Waals surface area contributed by atoms with Gasteiger partial charge in [-0.3, -0.25) is 4.90 Å². The van der Waals surface area contributed by atoms with Gasteiger partial charge in [-0.25, -0.2) is 0 Å². The maximum Gasteiger partial charge on any atom is 0.0408 e. The van der Waals surface area contributed by atoms with Gasteiger partial charge in [0.15, 0.2) is 0 Å². The van der Waals surface area contributed by atoms with Crippen molar-refractivity contribution in [3.63, 3.8) is 0 Å². The zero-order valence-electron chi connectivity index (χ0n) is 10.6. The van der Waals surface area contributed by atoms with Crippen molar-refractivity contribution < 1.29 is 0 Å². The Hall–Kier alpha value is -0.570. The Labute approximate surface area is 109 Å².